The molecule has 3 heteroatoms. The van der Waals surface area contributed by atoms with Gasteiger partial charge in [0.2, 0.25) is 0 Å². The Labute approximate surface area is 109 Å². The molecule has 1 saturated carbocycles. The summed E-state index contributed by atoms with van der Waals surface area (Å²) >= 11 is 0. The standard InChI is InChI=1S/C15H23FN2/c1-17-10-13-14(16)8-5-9-15(13)18(2)11-12-6-3-4-7-12/h5,8-9,12,17H,3-4,6-7,10-11H2,1-2H3. The van der Waals surface area contributed by atoms with Crippen molar-refractivity contribution in [1.82, 2.24) is 5.32 Å². The molecule has 0 aliphatic heterocycles. The number of nitrogens with one attached hydrogen (secondary N) is 1. The fourth-order valence-electron chi connectivity index (χ4n) is 2.94. The van der Waals surface area contributed by atoms with Gasteiger partial charge < -0.3 is 10.2 Å². The summed E-state index contributed by atoms with van der Waals surface area (Å²) in [6, 6.07) is 5.36. The van der Waals surface area contributed by atoms with E-state index in [0.717, 1.165) is 23.7 Å². The second-order valence-electron chi connectivity index (χ2n) is 5.30. The maximum absolute atomic E-state index is 13.8. The van der Waals surface area contributed by atoms with Crippen LogP contribution in [-0.2, 0) is 6.54 Å². The van der Waals surface area contributed by atoms with Gasteiger partial charge in [0.25, 0.3) is 0 Å². The Hall–Kier alpha value is -1.09. The van der Waals surface area contributed by atoms with Crippen LogP contribution < -0.4 is 10.2 Å². The van der Waals surface area contributed by atoms with Gasteiger partial charge in [0.15, 0.2) is 0 Å². The van der Waals surface area contributed by atoms with Crippen LogP contribution in [0.25, 0.3) is 0 Å². The molecule has 1 aliphatic carbocycles. The lowest BCUT2D eigenvalue weighted by Gasteiger charge is -2.25. The quantitative estimate of drug-likeness (QED) is 0.863. The van der Waals surface area contributed by atoms with Gasteiger partial charge in [-0.15, -0.1) is 0 Å². The number of rotatable bonds is 5. The highest BCUT2D eigenvalue weighted by atomic mass is 19.1. The molecule has 18 heavy (non-hydrogen) atoms. The Morgan fingerprint density at radius 1 is 1.33 bits per heavy atom. The van der Waals surface area contributed by atoms with E-state index in [2.05, 4.69) is 17.3 Å². The summed E-state index contributed by atoms with van der Waals surface area (Å²) in [5.41, 5.74) is 1.80. The highest BCUT2D eigenvalue weighted by Crippen LogP contribution is 2.28. The Morgan fingerprint density at radius 3 is 2.72 bits per heavy atom. The van der Waals surface area contributed by atoms with Crippen molar-refractivity contribution in [3.05, 3.63) is 29.6 Å². The number of hydrogen-bond donors (Lipinski definition) is 1. The van der Waals surface area contributed by atoms with E-state index in [0.29, 0.717) is 6.54 Å². The van der Waals surface area contributed by atoms with E-state index in [1.54, 1.807) is 12.1 Å². The predicted molar refractivity (Wildman–Crippen MR) is 74.4 cm³/mol. The first kappa shape index (κ1) is 13.3. The van der Waals surface area contributed by atoms with Crippen LogP contribution in [-0.4, -0.2) is 20.6 Å². The molecule has 0 aromatic heterocycles. The van der Waals surface area contributed by atoms with Crippen LogP contribution in [0, 0.1) is 11.7 Å². The van der Waals surface area contributed by atoms with Gasteiger partial charge in [-0.05, 0) is 37.9 Å². The van der Waals surface area contributed by atoms with Gasteiger partial charge >= 0.3 is 0 Å². The zero-order valence-electron chi connectivity index (χ0n) is 11.4. The summed E-state index contributed by atoms with van der Waals surface area (Å²) in [7, 11) is 3.93. The average molecular weight is 250 g/mol. The molecule has 0 atom stereocenters. The Bertz CT molecular complexity index is 386. The van der Waals surface area contributed by atoms with Gasteiger partial charge in [-0.25, -0.2) is 4.39 Å². The molecule has 1 aromatic carbocycles. The van der Waals surface area contributed by atoms with E-state index in [1.807, 2.05) is 13.1 Å². The molecule has 2 rings (SSSR count). The summed E-state index contributed by atoms with van der Waals surface area (Å²) in [6.45, 7) is 1.62. The van der Waals surface area contributed by atoms with Gasteiger partial charge in [-0.3, -0.25) is 0 Å². The van der Waals surface area contributed by atoms with Crippen LogP contribution >= 0.6 is 0 Å². The first-order valence-electron chi connectivity index (χ1n) is 6.85. The third-order valence-electron chi connectivity index (χ3n) is 3.87. The van der Waals surface area contributed by atoms with E-state index in [-0.39, 0.29) is 5.82 Å². The maximum atomic E-state index is 13.8. The molecule has 1 fully saturated rings. The van der Waals surface area contributed by atoms with E-state index in [1.165, 1.54) is 25.7 Å². The summed E-state index contributed by atoms with van der Waals surface area (Å²) in [4.78, 5) is 2.21. The normalized spacial score (nSPS) is 16.2. The number of nitrogens with zero attached hydrogens (tertiary/aromatic N) is 1. The molecule has 100 valence electrons. The molecule has 2 nitrogen and oxygen atoms in total. The minimum Gasteiger partial charge on any atom is -0.374 e. The zero-order valence-corrected chi connectivity index (χ0v) is 11.4. The fourth-order valence-corrected chi connectivity index (χ4v) is 2.94. The lowest BCUT2D eigenvalue weighted by Crippen LogP contribution is -2.26. The van der Waals surface area contributed by atoms with Crippen LogP contribution in [0.5, 0.6) is 0 Å². The SMILES string of the molecule is CNCc1c(F)cccc1N(C)CC1CCCC1. The van der Waals surface area contributed by atoms with Crippen LogP contribution in [0.3, 0.4) is 0 Å². The summed E-state index contributed by atoms with van der Waals surface area (Å²) in [5, 5.41) is 3.05. The molecule has 0 bridgehead atoms. The number of halogens is 1. The molecule has 0 heterocycles. The van der Waals surface area contributed by atoms with E-state index < -0.39 is 0 Å². The van der Waals surface area contributed by atoms with Crippen LogP contribution in [0.2, 0.25) is 0 Å². The Kier molecular flexibility index (Phi) is 4.59. The minimum absolute atomic E-state index is 0.111. The van der Waals surface area contributed by atoms with Crippen molar-refractivity contribution in [1.29, 1.82) is 0 Å². The topological polar surface area (TPSA) is 15.3 Å². The van der Waals surface area contributed by atoms with Crippen molar-refractivity contribution < 1.29 is 4.39 Å². The minimum atomic E-state index is -0.111. The van der Waals surface area contributed by atoms with Crippen molar-refractivity contribution >= 4 is 5.69 Å². The molecule has 0 spiro atoms. The van der Waals surface area contributed by atoms with Gasteiger partial charge in [0, 0.05) is 31.4 Å². The van der Waals surface area contributed by atoms with Gasteiger partial charge in [0.1, 0.15) is 5.82 Å². The monoisotopic (exact) mass is 250 g/mol. The second-order valence-corrected chi connectivity index (χ2v) is 5.30. The molecule has 1 aromatic rings. The molecule has 1 N–H and O–H groups in total. The molecular formula is C15H23FN2. The molecule has 0 radical (unpaired) electrons. The summed E-state index contributed by atoms with van der Waals surface area (Å²) < 4.78 is 13.8. The first-order chi connectivity index (χ1) is 8.72. The smallest absolute Gasteiger partial charge is 0.129 e. The molecule has 0 unspecified atom stereocenters. The Morgan fingerprint density at radius 2 is 2.06 bits per heavy atom. The van der Waals surface area contributed by atoms with Crippen molar-refractivity contribution in [2.24, 2.45) is 5.92 Å². The summed E-state index contributed by atoms with van der Waals surface area (Å²) in [6.07, 6.45) is 5.35. The van der Waals surface area contributed by atoms with Gasteiger partial charge in [-0.2, -0.15) is 0 Å². The van der Waals surface area contributed by atoms with Crippen molar-refractivity contribution in [2.45, 2.75) is 32.2 Å². The highest BCUT2D eigenvalue weighted by molar-refractivity contribution is 5.53. The number of benzene rings is 1. The van der Waals surface area contributed by atoms with E-state index in [4.69, 9.17) is 0 Å². The van der Waals surface area contributed by atoms with E-state index >= 15 is 0 Å². The van der Waals surface area contributed by atoms with Gasteiger partial charge in [0.05, 0.1) is 0 Å². The number of anilines is 1. The largest absolute Gasteiger partial charge is 0.374 e. The molecule has 1 aliphatic rings. The molecule has 0 saturated heterocycles. The average Bonchev–Trinajstić information content (AvgIpc) is 2.84. The van der Waals surface area contributed by atoms with Crippen LogP contribution in [0.4, 0.5) is 10.1 Å². The van der Waals surface area contributed by atoms with Crippen molar-refractivity contribution in [2.75, 3.05) is 25.5 Å². The third-order valence-corrected chi connectivity index (χ3v) is 3.87. The second kappa shape index (κ2) is 6.19. The lowest BCUT2D eigenvalue weighted by molar-refractivity contribution is 0.543. The molecule has 0 amide bonds. The highest BCUT2D eigenvalue weighted by Gasteiger charge is 2.19. The Balaban J connectivity index is 2.12. The summed E-state index contributed by atoms with van der Waals surface area (Å²) in [5.74, 6) is 0.667. The van der Waals surface area contributed by atoms with E-state index in [9.17, 15) is 4.39 Å². The van der Waals surface area contributed by atoms with Gasteiger partial charge in [-0.1, -0.05) is 18.9 Å². The van der Waals surface area contributed by atoms with Crippen LogP contribution in [0.15, 0.2) is 18.2 Å². The number of hydrogen-bond acceptors (Lipinski definition) is 2. The molecular weight excluding hydrogens is 227 g/mol. The lowest BCUT2D eigenvalue weighted by atomic mass is 10.1. The first-order valence-corrected chi connectivity index (χ1v) is 6.85. The van der Waals surface area contributed by atoms with Crippen LogP contribution in [0.1, 0.15) is 31.2 Å². The van der Waals surface area contributed by atoms with Crippen molar-refractivity contribution in [3.63, 3.8) is 0 Å². The zero-order chi connectivity index (χ0) is 13.0. The fraction of sp³-hybridized carbons (Fsp3) is 0.600. The maximum Gasteiger partial charge on any atom is 0.129 e. The predicted octanol–water partition coefficient (Wildman–Crippen LogP) is 3.17. The third kappa shape index (κ3) is 3.02. The van der Waals surface area contributed by atoms with Crippen molar-refractivity contribution in [3.8, 4) is 0 Å².